The summed E-state index contributed by atoms with van der Waals surface area (Å²) in [6.45, 7) is 6.55. The maximum absolute atomic E-state index is 10.7. The number of anilines is 1. The summed E-state index contributed by atoms with van der Waals surface area (Å²) in [5, 5.41) is 10.7. The SMILES string of the molecule is CC1(C)CCN(c2ccc([N+](=O)[O-])c(I)c2)C1. The Labute approximate surface area is 114 Å². The average molecular weight is 346 g/mol. The van der Waals surface area contributed by atoms with Gasteiger partial charge in [0, 0.05) is 24.8 Å². The Morgan fingerprint density at radius 1 is 1.47 bits per heavy atom. The Bertz CT molecular complexity index is 460. The lowest BCUT2D eigenvalue weighted by Crippen LogP contribution is -2.22. The van der Waals surface area contributed by atoms with E-state index in [9.17, 15) is 10.1 Å². The van der Waals surface area contributed by atoms with Gasteiger partial charge < -0.3 is 4.90 Å². The lowest BCUT2D eigenvalue weighted by atomic mass is 9.93. The van der Waals surface area contributed by atoms with E-state index in [0.717, 1.165) is 18.8 Å². The fourth-order valence-corrected chi connectivity index (χ4v) is 2.87. The number of hydrogen-bond donors (Lipinski definition) is 0. The van der Waals surface area contributed by atoms with Crippen molar-refractivity contribution < 1.29 is 4.92 Å². The van der Waals surface area contributed by atoms with Crippen molar-refractivity contribution in [2.24, 2.45) is 5.41 Å². The van der Waals surface area contributed by atoms with Gasteiger partial charge >= 0.3 is 0 Å². The second-order valence-corrected chi connectivity index (χ2v) is 6.39. The summed E-state index contributed by atoms with van der Waals surface area (Å²) in [7, 11) is 0. The van der Waals surface area contributed by atoms with Gasteiger partial charge in [0.25, 0.3) is 5.69 Å². The van der Waals surface area contributed by atoms with Crippen molar-refractivity contribution >= 4 is 34.0 Å². The van der Waals surface area contributed by atoms with Crippen LogP contribution in [0.4, 0.5) is 11.4 Å². The fraction of sp³-hybridized carbons (Fsp3) is 0.500. The molecule has 0 aliphatic carbocycles. The molecule has 0 N–H and O–H groups in total. The highest BCUT2D eigenvalue weighted by Gasteiger charge is 2.29. The first-order chi connectivity index (χ1) is 7.89. The molecule has 0 atom stereocenters. The van der Waals surface area contributed by atoms with E-state index >= 15 is 0 Å². The summed E-state index contributed by atoms with van der Waals surface area (Å²) < 4.78 is 0.704. The minimum absolute atomic E-state index is 0.188. The van der Waals surface area contributed by atoms with Gasteiger partial charge in [-0.25, -0.2) is 0 Å². The second kappa shape index (κ2) is 4.44. The lowest BCUT2D eigenvalue weighted by Gasteiger charge is -2.21. The molecule has 17 heavy (non-hydrogen) atoms. The molecule has 4 nitrogen and oxygen atoms in total. The molecule has 1 aliphatic heterocycles. The summed E-state index contributed by atoms with van der Waals surface area (Å²) in [6.07, 6.45) is 1.17. The van der Waals surface area contributed by atoms with Gasteiger partial charge in [0.2, 0.25) is 0 Å². The van der Waals surface area contributed by atoms with Gasteiger partial charge in [-0.1, -0.05) is 13.8 Å². The smallest absolute Gasteiger partial charge is 0.282 e. The predicted molar refractivity (Wildman–Crippen MR) is 76.4 cm³/mol. The monoisotopic (exact) mass is 346 g/mol. The molecule has 1 aliphatic rings. The largest absolute Gasteiger partial charge is 0.371 e. The number of nitro groups is 1. The molecule has 2 rings (SSSR count). The molecular formula is C12H15IN2O2. The molecular weight excluding hydrogens is 331 g/mol. The Balaban J connectivity index is 2.24. The minimum Gasteiger partial charge on any atom is -0.371 e. The van der Waals surface area contributed by atoms with Crippen LogP contribution >= 0.6 is 22.6 Å². The van der Waals surface area contributed by atoms with Gasteiger partial charge in [0.05, 0.1) is 8.49 Å². The summed E-state index contributed by atoms with van der Waals surface area (Å²) in [6, 6.07) is 5.35. The molecule has 0 saturated carbocycles. The van der Waals surface area contributed by atoms with Crippen molar-refractivity contribution in [2.75, 3.05) is 18.0 Å². The van der Waals surface area contributed by atoms with Crippen LogP contribution in [0.1, 0.15) is 20.3 Å². The van der Waals surface area contributed by atoms with Crippen LogP contribution < -0.4 is 4.90 Å². The first-order valence-electron chi connectivity index (χ1n) is 5.58. The second-order valence-electron chi connectivity index (χ2n) is 5.23. The summed E-state index contributed by atoms with van der Waals surface area (Å²) in [5.74, 6) is 0. The molecule has 0 unspecified atom stereocenters. The van der Waals surface area contributed by atoms with E-state index in [1.165, 1.54) is 6.42 Å². The molecule has 0 bridgehead atoms. The third kappa shape index (κ3) is 2.70. The first-order valence-corrected chi connectivity index (χ1v) is 6.66. The molecule has 1 fully saturated rings. The van der Waals surface area contributed by atoms with Gasteiger partial charge in [0.15, 0.2) is 0 Å². The zero-order chi connectivity index (χ0) is 12.6. The van der Waals surface area contributed by atoms with E-state index in [0.29, 0.717) is 8.99 Å². The van der Waals surface area contributed by atoms with Crippen LogP contribution in [-0.4, -0.2) is 18.0 Å². The zero-order valence-electron chi connectivity index (χ0n) is 9.94. The topological polar surface area (TPSA) is 46.4 Å². The number of rotatable bonds is 2. The van der Waals surface area contributed by atoms with Gasteiger partial charge in [-0.2, -0.15) is 0 Å². The van der Waals surface area contributed by atoms with Gasteiger partial charge in [-0.15, -0.1) is 0 Å². The summed E-state index contributed by atoms with van der Waals surface area (Å²) in [5.41, 5.74) is 1.62. The van der Waals surface area contributed by atoms with Gasteiger partial charge in [-0.05, 0) is 46.6 Å². The molecule has 0 spiro atoms. The maximum Gasteiger partial charge on any atom is 0.282 e. The molecule has 1 saturated heterocycles. The van der Waals surface area contributed by atoms with E-state index in [2.05, 4.69) is 18.7 Å². The van der Waals surface area contributed by atoms with Crippen LogP contribution in [0.25, 0.3) is 0 Å². The maximum atomic E-state index is 10.7. The van der Waals surface area contributed by atoms with Gasteiger partial charge in [0.1, 0.15) is 0 Å². The van der Waals surface area contributed by atoms with E-state index in [4.69, 9.17) is 0 Å². The van der Waals surface area contributed by atoms with Crippen molar-refractivity contribution in [2.45, 2.75) is 20.3 Å². The lowest BCUT2D eigenvalue weighted by molar-refractivity contribution is -0.385. The van der Waals surface area contributed by atoms with Crippen molar-refractivity contribution in [3.05, 3.63) is 31.9 Å². The zero-order valence-corrected chi connectivity index (χ0v) is 12.1. The Morgan fingerprint density at radius 2 is 2.18 bits per heavy atom. The Kier molecular flexibility index (Phi) is 3.29. The molecule has 1 aromatic rings. The number of nitrogens with zero attached hydrogens (tertiary/aromatic N) is 2. The number of benzene rings is 1. The Hall–Kier alpha value is -0.850. The van der Waals surface area contributed by atoms with Crippen LogP contribution in [-0.2, 0) is 0 Å². The highest BCUT2D eigenvalue weighted by molar-refractivity contribution is 14.1. The molecule has 0 aromatic heterocycles. The minimum atomic E-state index is -0.334. The van der Waals surface area contributed by atoms with Crippen LogP contribution in [0.3, 0.4) is 0 Å². The Morgan fingerprint density at radius 3 is 2.65 bits per heavy atom. The van der Waals surface area contributed by atoms with Gasteiger partial charge in [-0.3, -0.25) is 10.1 Å². The van der Waals surface area contributed by atoms with Crippen molar-refractivity contribution in [3.63, 3.8) is 0 Å². The number of hydrogen-bond acceptors (Lipinski definition) is 3. The van der Waals surface area contributed by atoms with E-state index in [-0.39, 0.29) is 10.6 Å². The molecule has 1 aromatic carbocycles. The number of halogens is 1. The summed E-state index contributed by atoms with van der Waals surface area (Å²) >= 11 is 2.03. The van der Waals surface area contributed by atoms with E-state index in [1.807, 2.05) is 34.7 Å². The van der Waals surface area contributed by atoms with Crippen molar-refractivity contribution in [1.29, 1.82) is 0 Å². The molecule has 0 radical (unpaired) electrons. The highest BCUT2D eigenvalue weighted by atomic mass is 127. The fourth-order valence-electron chi connectivity index (χ4n) is 2.17. The molecule has 5 heteroatoms. The normalized spacial score (nSPS) is 18.4. The standard InChI is InChI=1S/C12H15IN2O2/c1-12(2)5-6-14(8-12)9-3-4-11(15(16)17)10(13)7-9/h3-4,7H,5-6,8H2,1-2H3. The predicted octanol–water partition coefficient (Wildman–Crippen LogP) is 3.44. The van der Waals surface area contributed by atoms with Crippen molar-refractivity contribution in [3.8, 4) is 0 Å². The quantitative estimate of drug-likeness (QED) is 0.468. The number of nitro benzene ring substituents is 1. The average Bonchev–Trinajstić information content (AvgIpc) is 2.58. The molecule has 1 heterocycles. The van der Waals surface area contributed by atoms with Crippen LogP contribution in [0, 0.1) is 19.1 Å². The molecule has 0 amide bonds. The van der Waals surface area contributed by atoms with E-state index in [1.54, 1.807) is 6.07 Å². The molecule has 92 valence electrons. The first kappa shape index (κ1) is 12.6. The summed E-state index contributed by atoms with van der Waals surface area (Å²) in [4.78, 5) is 12.7. The third-order valence-electron chi connectivity index (χ3n) is 3.17. The van der Waals surface area contributed by atoms with E-state index < -0.39 is 0 Å². The van der Waals surface area contributed by atoms with Crippen LogP contribution in [0.15, 0.2) is 18.2 Å². The van der Waals surface area contributed by atoms with Crippen LogP contribution in [0.5, 0.6) is 0 Å². The highest BCUT2D eigenvalue weighted by Crippen LogP contribution is 2.34. The third-order valence-corrected chi connectivity index (χ3v) is 4.03. The van der Waals surface area contributed by atoms with Crippen LogP contribution in [0.2, 0.25) is 0 Å². The van der Waals surface area contributed by atoms with Crippen molar-refractivity contribution in [1.82, 2.24) is 0 Å².